The minimum Gasteiger partial charge on any atom is -0.317 e. The second kappa shape index (κ2) is 5.70. The molecule has 0 saturated heterocycles. The second-order valence-electron chi connectivity index (χ2n) is 4.75. The standard InChI is InChI=1S/C14H20ClN/c1-16-14(12-7-8-12)4-2-3-11-5-9-13(15)10-6-11/h5-6,9-10,12,14,16H,2-4,7-8H2,1H3. The molecule has 1 saturated carbocycles. The van der Waals surface area contributed by atoms with E-state index in [1.165, 1.54) is 37.7 Å². The van der Waals surface area contributed by atoms with E-state index >= 15 is 0 Å². The molecule has 0 aliphatic heterocycles. The Balaban J connectivity index is 1.72. The van der Waals surface area contributed by atoms with Gasteiger partial charge in [-0.05, 0) is 62.8 Å². The molecule has 2 heteroatoms. The monoisotopic (exact) mass is 237 g/mol. The summed E-state index contributed by atoms with van der Waals surface area (Å²) >= 11 is 5.86. The molecule has 0 amide bonds. The van der Waals surface area contributed by atoms with Crippen molar-refractivity contribution in [3.05, 3.63) is 34.9 Å². The number of rotatable bonds is 6. The van der Waals surface area contributed by atoms with Crippen molar-refractivity contribution in [1.82, 2.24) is 5.32 Å². The summed E-state index contributed by atoms with van der Waals surface area (Å²) in [6.07, 6.45) is 6.58. The Morgan fingerprint density at radius 1 is 1.31 bits per heavy atom. The lowest BCUT2D eigenvalue weighted by Gasteiger charge is -2.14. The van der Waals surface area contributed by atoms with Crippen molar-refractivity contribution in [3.8, 4) is 0 Å². The first-order valence-electron chi connectivity index (χ1n) is 6.21. The fourth-order valence-corrected chi connectivity index (χ4v) is 2.42. The van der Waals surface area contributed by atoms with Crippen LogP contribution in [0.15, 0.2) is 24.3 Å². The highest BCUT2D eigenvalue weighted by Gasteiger charge is 2.29. The summed E-state index contributed by atoms with van der Waals surface area (Å²) < 4.78 is 0. The average molecular weight is 238 g/mol. The van der Waals surface area contributed by atoms with Gasteiger partial charge in [0.25, 0.3) is 0 Å². The van der Waals surface area contributed by atoms with E-state index in [4.69, 9.17) is 11.6 Å². The third-order valence-corrected chi connectivity index (χ3v) is 3.71. The van der Waals surface area contributed by atoms with Crippen molar-refractivity contribution in [3.63, 3.8) is 0 Å². The van der Waals surface area contributed by atoms with Crippen LogP contribution in [-0.4, -0.2) is 13.1 Å². The fraction of sp³-hybridized carbons (Fsp3) is 0.571. The highest BCUT2D eigenvalue weighted by Crippen LogP contribution is 2.34. The number of hydrogen-bond acceptors (Lipinski definition) is 1. The third-order valence-electron chi connectivity index (χ3n) is 3.46. The van der Waals surface area contributed by atoms with Crippen molar-refractivity contribution < 1.29 is 0 Å². The predicted octanol–water partition coefficient (Wildman–Crippen LogP) is 3.66. The van der Waals surface area contributed by atoms with E-state index in [0.29, 0.717) is 0 Å². The first-order valence-corrected chi connectivity index (χ1v) is 6.59. The van der Waals surface area contributed by atoms with Gasteiger partial charge in [-0.1, -0.05) is 23.7 Å². The summed E-state index contributed by atoms with van der Waals surface area (Å²) in [5.74, 6) is 0.954. The van der Waals surface area contributed by atoms with Crippen LogP contribution in [-0.2, 0) is 6.42 Å². The number of nitrogens with one attached hydrogen (secondary N) is 1. The summed E-state index contributed by atoms with van der Waals surface area (Å²) in [5.41, 5.74) is 1.40. The summed E-state index contributed by atoms with van der Waals surface area (Å²) in [4.78, 5) is 0. The maximum Gasteiger partial charge on any atom is 0.0406 e. The van der Waals surface area contributed by atoms with Gasteiger partial charge in [-0.3, -0.25) is 0 Å². The van der Waals surface area contributed by atoms with Gasteiger partial charge in [0.1, 0.15) is 0 Å². The van der Waals surface area contributed by atoms with Crippen molar-refractivity contribution in [2.45, 2.75) is 38.1 Å². The molecule has 88 valence electrons. The Bertz CT molecular complexity index is 316. The molecule has 0 radical (unpaired) electrons. The predicted molar refractivity (Wildman–Crippen MR) is 70.0 cm³/mol. The Morgan fingerprint density at radius 3 is 2.56 bits per heavy atom. The van der Waals surface area contributed by atoms with Crippen LogP contribution in [0.4, 0.5) is 0 Å². The van der Waals surface area contributed by atoms with Crippen LogP contribution in [0.1, 0.15) is 31.2 Å². The smallest absolute Gasteiger partial charge is 0.0406 e. The third kappa shape index (κ3) is 3.50. The molecule has 0 spiro atoms. The summed E-state index contributed by atoms with van der Waals surface area (Å²) in [5, 5.41) is 4.27. The van der Waals surface area contributed by atoms with Crippen LogP contribution in [0.25, 0.3) is 0 Å². The quantitative estimate of drug-likeness (QED) is 0.796. The van der Waals surface area contributed by atoms with Crippen LogP contribution in [0.3, 0.4) is 0 Å². The summed E-state index contributed by atoms with van der Waals surface area (Å²) in [7, 11) is 2.09. The molecule has 0 bridgehead atoms. The average Bonchev–Trinajstić information content (AvgIpc) is 3.11. The SMILES string of the molecule is CNC(CCCc1ccc(Cl)cc1)C1CC1. The van der Waals surface area contributed by atoms with Gasteiger partial charge in [0.05, 0.1) is 0 Å². The van der Waals surface area contributed by atoms with Crippen LogP contribution in [0.5, 0.6) is 0 Å². The van der Waals surface area contributed by atoms with Gasteiger partial charge in [0, 0.05) is 11.1 Å². The molecule has 1 aliphatic rings. The van der Waals surface area contributed by atoms with Crippen molar-refractivity contribution in [2.24, 2.45) is 5.92 Å². The van der Waals surface area contributed by atoms with Crippen LogP contribution in [0, 0.1) is 5.92 Å². The van der Waals surface area contributed by atoms with Gasteiger partial charge in [0.2, 0.25) is 0 Å². The maximum atomic E-state index is 5.86. The van der Waals surface area contributed by atoms with E-state index in [-0.39, 0.29) is 0 Å². The zero-order chi connectivity index (χ0) is 11.4. The van der Waals surface area contributed by atoms with E-state index in [1.54, 1.807) is 0 Å². The molecule has 0 heterocycles. The number of benzene rings is 1. The molecule has 1 aromatic rings. The van der Waals surface area contributed by atoms with Crippen molar-refractivity contribution in [1.29, 1.82) is 0 Å². The highest BCUT2D eigenvalue weighted by atomic mass is 35.5. The first-order chi connectivity index (χ1) is 7.79. The lowest BCUT2D eigenvalue weighted by molar-refractivity contribution is 0.456. The molecule has 1 aliphatic carbocycles. The summed E-state index contributed by atoms with van der Waals surface area (Å²) in [6.45, 7) is 0. The van der Waals surface area contributed by atoms with E-state index < -0.39 is 0 Å². The lowest BCUT2D eigenvalue weighted by Crippen LogP contribution is -2.27. The van der Waals surface area contributed by atoms with Gasteiger partial charge in [0.15, 0.2) is 0 Å². The molecule has 16 heavy (non-hydrogen) atoms. The number of halogens is 1. The minimum atomic E-state index is 0.743. The van der Waals surface area contributed by atoms with E-state index in [9.17, 15) is 0 Å². The maximum absolute atomic E-state index is 5.86. The molecule has 1 nitrogen and oxygen atoms in total. The fourth-order valence-electron chi connectivity index (χ4n) is 2.29. The number of aryl methyl sites for hydroxylation is 1. The van der Waals surface area contributed by atoms with Gasteiger partial charge < -0.3 is 5.32 Å². The summed E-state index contributed by atoms with van der Waals surface area (Å²) in [6, 6.07) is 8.97. The molecule has 1 atom stereocenters. The van der Waals surface area contributed by atoms with Gasteiger partial charge in [-0.15, -0.1) is 0 Å². The lowest BCUT2D eigenvalue weighted by atomic mass is 10.0. The molecule has 1 fully saturated rings. The van der Waals surface area contributed by atoms with Gasteiger partial charge >= 0.3 is 0 Å². The molecular weight excluding hydrogens is 218 g/mol. The molecule has 1 unspecified atom stereocenters. The number of hydrogen-bond donors (Lipinski definition) is 1. The normalized spacial score (nSPS) is 17.4. The second-order valence-corrected chi connectivity index (χ2v) is 5.19. The minimum absolute atomic E-state index is 0.743. The Hall–Kier alpha value is -0.530. The molecule has 1 N–H and O–H groups in total. The highest BCUT2D eigenvalue weighted by molar-refractivity contribution is 6.30. The molecule has 0 aromatic heterocycles. The van der Waals surface area contributed by atoms with Crippen LogP contribution in [0.2, 0.25) is 5.02 Å². The van der Waals surface area contributed by atoms with Crippen LogP contribution >= 0.6 is 11.6 Å². The molecule has 2 rings (SSSR count). The Kier molecular flexibility index (Phi) is 4.25. The first kappa shape index (κ1) is 11.9. The van der Waals surface area contributed by atoms with Gasteiger partial charge in [-0.2, -0.15) is 0 Å². The topological polar surface area (TPSA) is 12.0 Å². The van der Waals surface area contributed by atoms with Crippen molar-refractivity contribution in [2.75, 3.05) is 7.05 Å². The molecular formula is C14H20ClN. The van der Waals surface area contributed by atoms with E-state index in [0.717, 1.165) is 17.0 Å². The van der Waals surface area contributed by atoms with E-state index in [2.05, 4.69) is 24.5 Å². The zero-order valence-electron chi connectivity index (χ0n) is 9.88. The van der Waals surface area contributed by atoms with Gasteiger partial charge in [-0.25, -0.2) is 0 Å². The Morgan fingerprint density at radius 2 is 2.00 bits per heavy atom. The van der Waals surface area contributed by atoms with E-state index in [1.807, 2.05) is 12.1 Å². The van der Waals surface area contributed by atoms with Crippen molar-refractivity contribution >= 4 is 11.6 Å². The Labute approximate surface area is 103 Å². The molecule has 1 aromatic carbocycles. The zero-order valence-corrected chi connectivity index (χ0v) is 10.6. The largest absolute Gasteiger partial charge is 0.317 e. The van der Waals surface area contributed by atoms with Crippen LogP contribution < -0.4 is 5.32 Å².